The first-order valence-corrected chi connectivity index (χ1v) is 4.88. The molecular formula is C11H15ClO. The lowest BCUT2D eigenvalue weighted by atomic mass is 9.94. The molecule has 1 rings (SSSR count). The topological polar surface area (TPSA) is 20.2 Å². The fourth-order valence-electron chi connectivity index (χ4n) is 1.21. The lowest BCUT2D eigenvalue weighted by Crippen LogP contribution is -2.25. The molecule has 0 fully saturated rings. The first kappa shape index (κ1) is 10.6. The van der Waals surface area contributed by atoms with E-state index in [4.69, 9.17) is 11.6 Å². The molecule has 1 atom stereocenters. The Kier molecular flexibility index (Phi) is 3.34. The van der Waals surface area contributed by atoms with Gasteiger partial charge in [0.25, 0.3) is 0 Å². The van der Waals surface area contributed by atoms with Crippen molar-refractivity contribution in [1.82, 2.24) is 0 Å². The van der Waals surface area contributed by atoms with Gasteiger partial charge >= 0.3 is 0 Å². The molecule has 0 radical (unpaired) electrons. The highest BCUT2D eigenvalue weighted by Gasteiger charge is 2.17. The maximum absolute atomic E-state index is 9.82. The Morgan fingerprint density at radius 2 is 2.15 bits per heavy atom. The third-order valence-electron chi connectivity index (χ3n) is 2.24. The second-order valence-electron chi connectivity index (χ2n) is 3.66. The zero-order valence-corrected chi connectivity index (χ0v) is 8.80. The molecule has 0 amide bonds. The molecule has 0 aliphatic heterocycles. The van der Waals surface area contributed by atoms with E-state index in [1.807, 2.05) is 38.1 Å². The van der Waals surface area contributed by atoms with E-state index < -0.39 is 5.60 Å². The van der Waals surface area contributed by atoms with Crippen LogP contribution < -0.4 is 0 Å². The van der Waals surface area contributed by atoms with Gasteiger partial charge in [-0.25, -0.2) is 0 Å². The molecule has 0 bridgehead atoms. The van der Waals surface area contributed by atoms with Crippen molar-refractivity contribution in [2.45, 2.75) is 32.3 Å². The summed E-state index contributed by atoms with van der Waals surface area (Å²) in [6.07, 6.45) is 1.41. The second kappa shape index (κ2) is 4.12. The third kappa shape index (κ3) is 3.37. The van der Waals surface area contributed by atoms with Crippen LogP contribution in [0.4, 0.5) is 0 Å². The van der Waals surface area contributed by atoms with Gasteiger partial charge in [-0.15, -0.1) is 0 Å². The molecule has 0 aliphatic carbocycles. The highest BCUT2D eigenvalue weighted by atomic mass is 35.5. The largest absolute Gasteiger partial charge is 0.390 e. The van der Waals surface area contributed by atoms with Gasteiger partial charge in [-0.05, 0) is 31.0 Å². The van der Waals surface area contributed by atoms with Crippen molar-refractivity contribution < 1.29 is 5.11 Å². The molecule has 0 spiro atoms. The molecular weight excluding hydrogens is 184 g/mol. The first-order valence-electron chi connectivity index (χ1n) is 4.50. The molecule has 0 heterocycles. The zero-order valence-electron chi connectivity index (χ0n) is 8.05. The van der Waals surface area contributed by atoms with E-state index in [-0.39, 0.29) is 0 Å². The van der Waals surface area contributed by atoms with Crippen LogP contribution in [0.25, 0.3) is 0 Å². The lowest BCUT2D eigenvalue weighted by molar-refractivity contribution is 0.0564. The predicted octanol–water partition coefficient (Wildman–Crippen LogP) is 3.04. The molecule has 0 aromatic heterocycles. The van der Waals surface area contributed by atoms with Crippen molar-refractivity contribution in [3.8, 4) is 0 Å². The Hall–Kier alpha value is -0.530. The number of hydrogen-bond acceptors (Lipinski definition) is 1. The summed E-state index contributed by atoms with van der Waals surface area (Å²) in [7, 11) is 0. The Bertz CT molecular complexity index is 281. The predicted molar refractivity (Wildman–Crippen MR) is 56.1 cm³/mol. The van der Waals surface area contributed by atoms with E-state index in [2.05, 4.69) is 0 Å². The molecule has 0 saturated heterocycles. The van der Waals surface area contributed by atoms with E-state index in [0.29, 0.717) is 6.42 Å². The molecule has 1 aromatic carbocycles. The lowest BCUT2D eigenvalue weighted by Gasteiger charge is -2.21. The van der Waals surface area contributed by atoms with Gasteiger partial charge in [0.1, 0.15) is 0 Å². The average Bonchev–Trinajstić information content (AvgIpc) is 2.03. The van der Waals surface area contributed by atoms with Crippen molar-refractivity contribution in [3.63, 3.8) is 0 Å². The molecule has 1 nitrogen and oxygen atoms in total. The minimum absolute atomic E-state index is 0.620. The highest BCUT2D eigenvalue weighted by Crippen LogP contribution is 2.18. The van der Waals surface area contributed by atoms with Gasteiger partial charge in [0.15, 0.2) is 0 Å². The molecule has 0 saturated carbocycles. The SMILES string of the molecule is CCC(C)(O)Cc1cccc(Cl)c1. The number of benzene rings is 1. The van der Waals surface area contributed by atoms with E-state index in [1.165, 1.54) is 0 Å². The molecule has 1 unspecified atom stereocenters. The maximum Gasteiger partial charge on any atom is 0.0657 e. The normalized spacial score (nSPS) is 15.4. The van der Waals surface area contributed by atoms with Crippen LogP contribution in [0.1, 0.15) is 25.8 Å². The second-order valence-corrected chi connectivity index (χ2v) is 4.09. The Morgan fingerprint density at radius 3 is 2.69 bits per heavy atom. The van der Waals surface area contributed by atoms with Gasteiger partial charge in [0, 0.05) is 11.4 Å². The molecule has 13 heavy (non-hydrogen) atoms. The first-order chi connectivity index (χ1) is 6.03. The Labute approximate surface area is 84.4 Å². The van der Waals surface area contributed by atoms with Crippen LogP contribution in [0.5, 0.6) is 0 Å². The van der Waals surface area contributed by atoms with Crippen molar-refractivity contribution in [1.29, 1.82) is 0 Å². The smallest absolute Gasteiger partial charge is 0.0657 e. The van der Waals surface area contributed by atoms with Crippen molar-refractivity contribution in [2.24, 2.45) is 0 Å². The van der Waals surface area contributed by atoms with E-state index in [1.54, 1.807) is 0 Å². The summed E-state index contributed by atoms with van der Waals surface area (Å²) >= 11 is 5.84. The third-order valence-corrected chi connectivity index (χ3v) is 2.47. The van der Waals surface area contributed by atoms with E-state index in [0.717, 1.165) is 17.0 Å². The zero-order chi connectivity index (χ0) is 9.90. The van der Waals surface area contributed by atoms with Crippen LogP contribution in [0, 0.1) is 0 Å². The minimum atomic E-state index is -0.620. The quantitative estimate of drug-likeness (QED) is 0.792. The standard InChI is InChI=1S/C11H15ClO/c1-3-11(2,13)8-9-5-4-6-10(12)7-9/h4-7,13H,3,8H2,1-2H3. The van der Waals surface area contributed by atoms with Crippen LogP contribution in [0.15, 0.2) is 24.3 Å². The van der Waals surface area contributed by atoms with E-state index in [9.17, 15) is 5.11 Å². The van der Waals surface area contributed by atoms with Crippen molar-refractivity contribution in [3.05, 3.63) is 34.9 Å². The number of hydrogen-bond donors (Lipinski definition) is 1. The van der Waals surface area contributed by atoms with Gasteiger partial charge in [-0.3, -0.25) is 0 Å². The van der Waals surface area contributed by atoms with Gasteiger partial charge in [0.2, 0.25) is 0 Å². The molecule has 0 aliphatic rings. The summed E-state index contributed by atoms with van der Waals surface area (Å²) in [5.41, 5.74) is 0.462. The number of aliphatic hydroxyl groups is 1. The summed E-state index contributed by atoms with van der Waals surface area (Å²) in [4.78, 5) is 0. The Morgan fingerprint density at radius 1 is 1.46 bits per heavy atom. The van der Waals surface area contributed by atoms with Crippen molar-refractivity contribution in [2.75, 3.05) is 0 Å². The summed E-state index contributed by atoms with van der Waals surface area (Å²) in [6.45, 7) is 3.82. The van der Waals surface area contributed by atoms with Gasteiger partial charge in [0.05, 0.1) is 5.60 Å². The van der Waals surface area contributed by atoms with E-state index >= 15 is 0 Å². The highest BCUT2D eigenvalue weighted by molar-refractivity contribution is 6.30. The monoisotopic (exact) mass is 198 g/mol. The van der Waals surface area contributed by atoms with Gasteiger partial charge < -0.3 is 5.11 Å². The summed E-state index contributed by atoms with van der Waals surface area (Å²) in [6, 6.07) is 7.62. The molecule has 1 N–H and O–H groups in total. The maximum atomic E-state index is 9.82. The Balaban J connectivity index is 2.74. The fraction of sp³-hybridized carbons (Fsp3) is 0.455. The van der Waals surface area contributed by atoms with Crippen LogP contribution >= 0.6 is 11.6 Å². The average molecular weight is 199 g/mol. The van der Waals surface area contributed by atoms with Crippen LogP contribution in [-0.2, 0) is 6.42 Å². The van der Waals surface area contributed by atoms with Crippen LogP contribution in [0.3, 0.4) is 0 Å². The number of halogens is 1. The minimum Gasteiger partial charge on any atom is -0.390 e. The fourth-order valence-corrected chi connectivity index (χ4v) is 1.42. The molecule has 72 valence electrons. The molecule has 2 heteroatoms. The summed E-state index contributed by atoms with van der Waals surface area (Å²) in [5.74, 6) is 0. The van der Waals surface area contributed by atoms with Crippen molar-refractivity contribution >= 4 is 11.6 Å². The summed E-state index contributed by atoms with van der Waals surface area (Å²) < 4.78 is 0. The van der Waals surface area contributed by atoms with Gasteiger partial charge in [-0.1, -0.05) is 30.7 Å². The molecule has 1 aromatic rings. The number of rotatable bonds is 3. The van der Waals surface area contributed by atoms with Crippen LogP contribution in [0.2, 0.25) is 5.02 Å². The summed E-state index contributed by atoms with van der Waals surface area (Å²) in [5, 5.41) is 10.6. The van der Waals surface area contributed by atoms with Crippen LogP contribution in [-0.4, -0.2) is 10.7 Å². The van der Waals surface area contributed by atoms with Gasteiger partial charge in [-0.2, -0.15) is 0 Å².